The van der Waals surface area contributed by atoms with Gasteiger partial charge in [-0.05, 0) is 24.3 Å². The lowest BCUT2D eigenvalue weighted by atomic mass is 10.2. The van der Waals surface area contributed by atoms with Crippen molar-refractivity contribution in [2.24, 2.45) is 5.92 Å². The van der Waals surface area contributed by atoms with Crippen molar-refractivity contribution in [3.05, 3.63) is 35.9 Å². The Balaban J connectivity index is 1.52. The van der Waals surface area contributed by atoms with Gasteiger partial charge in [0.05, 0.1) is 6.54 Å². The molecule has 1 aliphatic heterocycles. The van der Waals surface area contributed by atoms with E-state index >= 15 is 0 Å². The van der Waals surface area contributed by atoms with Crippen molar-refractivity contribution >= 4 is 11.9 Å². The van der Waals surface area contributed by atoms with Gasteiger partial charge in [0, 0.05) is 6.04 Å². The van der Waals surface area contributed by atoms with Crippen molar-refractivity contribution in [1.29, 1.82) is 0 Å². The van der Waals surface area contributed by atoms with Crippen LogP contribution < -0.4 is 0 Å². The van der Waals surface area contributed by atoms with E-state index in [1.54, 1.807) is 4.90 Å². The molecule has 106 valence electrons. The van der Waals surface area contributed by atoms with Gasteiger partial charge in [-0.3, -0.25) is 14.5 Å². The maximum absolute atomic E-state index is 11.8. The van der Waals surface area contributed by atoms with Gasteiger partial charge >= 0.3 is 11.9 Å². The molecule has 0 radical (unpaired) electrons. The highest BCUT2D eigenvalue weighted by Gasteiger charge is 2.54. The minimum atomic E-state index is -0.840. The fraction of sp³-hybridized carbons (Fsp3) is 0.467. The van der Waals surface area contributed by atoms with E-state index < -0.39 is 12.0 Å². The zero-order valence-electron chi connectivity index (χ0n) is 11.1. The third-order valence-corrected chi connectivity index (χ3v) is 4.08. The molecule has 0 aromatic heterocycles. The second-order valence-corrected chi connectivity index (χ2v) is 5.47. The molecule has 0 unspecified atom stereocenters. The molecule has 5 nitrogen and oxygen atoms in total. The SMILES string of the molecule is O=C(CN1[C@@H](C(=O)O)C[C@H]2C[C@H]21)OCc1ccccc1. The van der Waals surface area contributed by atoms with Gasteiger partial charge in [0.15, 0.2) is 0 Å². The van der Waals surface area contributed by atoms with Crippen molar-refractivity contribution in [3.8, 4) is 0 Å². The third kappa shape index (κ3) is 2.67. The van der Waals surface area contributed by atoms with Crippen molar-refractivity contribution in [2.45, 2.75) is 31.5 Å². The van der Waals surface area contributed by atoms with Gasteiger partial charge in [0.2, 0.25) is 0 Å². The second kappa shape index (κ2) is 5.25. The van der Waals surface area contributed by atoms with Crippen LogP contribution in [0.5, 0.6) is 0 Å². The first-order valence-corrected chi connectivity index (χ1v) is 6.83. The van der Waals surface area contributed by atoms with Crippen LogP contribution >= 0.6 is 0 Å². The number of piperidine rings is 1. The number of aliphatic carboxylic acids is 1. The number of carbonyl (C=O) groups excluding carboxylic acids is 1. The molecular formula is C15H17NO4. The van der Waals surface area contributed by atoms with Crippen molar-refractivity contribution in [1.82, 2.24) is 4.90 Å². The predicted molar refractivity (Wildman–Crippen MR) is 70.9 cm³/mol. The molecule has 1 saturated carbocycles. The van der Waals surface area contributed by atoms with Crippen LogP contribution in [0.2, 0.25) is 0 Å². The van der Waals surface area contributed by atoms with Gasteiger partial charge in [-0.15, -0.1) is 0 Å². The Hall–Kier alpha value is -1.88. The van der Waals surface area contributed by atoms with Crippen LogP contribution in [0.4, 0.5) is 0 Å². The monoisotopic (exact) mass is 275 g/mol. The van der Waals surface area contributed by atoms with Gasteiger partial charge in [-0.1, -0.05) is 30.3 Å². The molecule has 1 aromatic carbocycles. The predicted octanol–water partition coefficient (Wildman–Crippen LogP) is 1.28. The van der Waals surface area contributed by atoms with Crippen molar-refractivity contribution in [3.63, 3.8) is 0 Å². The van der Waals surface area contributed by atoms with Gasteiger partial charge in [0.25, 0.3) is 0 Å². The summed E-state index contributed by atoms with van der Waals surface area (Å²) in [7, 11) is 0. The molecule has 2 aliphatic rings. The largest absolute Gasteiger partial charge is 0.480 e. The number of likely N-dealkylation sites (tertiary alicyclic amines) is 1. The number of hydrogen-bond donors (Lipinski definition) is 1. The average molecular weight is 275 g/mol. The number of rotatable bonds is 5. The van der Waals surface area contributed by atoms with E-state index in [9.17, 15) is 9.59 Å². The number of carboxylic acid groups (broad SMARTS) is 1. The first-order valence-electron chi connectivity index (χ1n) is 6.83. The smallest absolute Gasteiger partial charge is 0.320 e. The fourth-order valence-electron chi connectivity index (χ4n) is 2.95. The standard InChI is InChI=1S/C15H17NO4/c17-14(20-9-10-4-2-1-3-5-10)8-16-12-6-11(12)7-13(16)15(18)19/h1-5,11-13H,6-9H2,(H,18,19)/t11-,12-,13-/m1/s1. The summed E-state index contributed by atoms with van der Waals surface area (Å²) >= 11 is 0. The maximum atomic E-state index is 11.8. The van der Waals surface area contributed by atoms with E-state index in [1.165, 1.54) is 0 Å². The summed E-state index contributed by atoms with van der Waals surface area (Å²) in [5.74, 6) is -0.737. The Morgan fingerprint density at radius 3 is 2.70 bits per heavy atom. The van der Waals surface area contributed by atoms with E-state index in [0.29, 0.717) is 12.3 Å². The Bertz CT molecular complexity index is 516. The minimum Gasteiger partial charge on any atom is -0.480 e. The zero-order chi connectivity index (χ0) is 14.1. The van der Waals surface area contributed by atoms with E-state index in [4.69, 9.17) is 9.84 Å². The number of nitrogens with zero attached hydrogens (tertiary/aromatic N) is 1. The molecule has 0 amide bonds. The summed E-state index contributed by atoms with van der Waals surface area (Å²) < 4.78 is 5.21. The lowest BCUT2D eigenvalue weighted by Crippen LogP contribution is -2.42. The molecule has 1 heterocycles. The third-order valence-electron chi connectivity index (χ3n) is 4.08. The molecule has 1 saturated heterocycles. The van der Waals surface area contributed by atoms with E-state index in [-0.39, 0.29) is 25.2 Å². The highest BCUT2D eigenvalue weighted by atomic mass is 16.5. The van der Waals surface area contributed by atoms with Crippen molar-refractivity contribution in [2.75, 3.05) is 6.54 Å². The Labute approximate surface area is 117 Å². The lowest BCUT2D eigenvalue weighted by Gasteiger charge is -2.22. The Morgan fingerprint density at radius 1 is 1.25 bits per heavy atom. The Morgan fingerprint density at radius 2 is 2.00 bits per heavy atom. The molecule has 1 aromatic rings. The normalized spacial score (nSPS) is 27.9. The van der Waals surface area contributed by atoms with Crippen LogP contribution in [0.1, 0.15) is 18.4 Å². The lowest BCUT2D eigenvalue weighted by molar-refractivity contribution is -0.149. The number of ether oxygens (including phenoxy) is 1. The Kier molecular flexibility index (Phi) is 3.44. The van der Waals surface area contributed by atoms with Gasteiger partial charge in [-0.25, -0.2) is 0 Å². The maximum Gasteiger partial charge on any atom is 0.320 e. The molecule has 1 N–H and O–H groups in total. The summed E-state index contributed by atoms with van der Waals surface area (Å²) in [4.78, 5) is 24.8. The van der Waals surface area contributed by atoms with Crippen LogP contribution in [0.25, 0.3) is 0 Å². The highest BCUT2D eigenvalue weighted by Crippen LogP contribution is 2.47. The number of carboxylic acids is 1. The molecule has 3 atom stereocenters. The molecule has 0 bridgehead atoms. The molecule has 1 aliphatic carbocycles. The molecular weight excluding hydrogens is 258 g/mol. The van der Waals surface area contributed by atoms with Crippen molar-refractivity contribution < 1.29 is 19.4 Å². The number of fused-ring (bicyclic) bond motifs is 1. The molecule has 2 fully saturated rings. The number of hydrogen-bond acceptors (Lipinski definition) is 4. The van der Waals surface area contributed by atoms with Gasteiger partial charge in [-0.2, -0.15) is 0 Å². The van der Waals surface area contributed by atoms with Crippen LogP contribution in [0, 0.1) is 5.92 Å². The molecule has 20 heavy (non-hydrogen) atoms. The summed E-state index contributed by atoms with van der Waals surface area (Å²) in [6.07, 6.45) is 1.67. The first kappa shape index (κ1) is 13.1. The average Bonchev–Trinajstić information content (AvgIpc) is 3.13. The van der Waals surface area contributed by atoms with Gasteiger partial charge < -0.3 is 9.84 Å². The van der Waals surface area contributed by atoms with E-state index in [1.807, 2.05) is 30.3 Å². The van der Waals surface area contributed by atoms with Gasteiger partial charge in [0.1, 0.15) is 12.6 Å². The van der Waals surface area contributed by atoms with E-state index in [2.05, 4.69) is 0 Å². The first-order chi connectivity index (χ1) is 9.65. The van der Waals surface area contributed by atoms with Crippen LogP contribution in [-0.4, -0.2) is 40.6 Å². The van der Waals surface area contributed by atoms with Crippen LogP contribution in [0.15, 0.2) is 30.3 Å². The van der Waals surface area contributed by atoms with Crippen LogP contribution in [-0.2, 0) is 20.9 Å². The highest BCUT2D eigenvalue weighted by molar-refractivity contribution is 5.77. The fourth-order valence-corrected chi connectivity index (χ4v) is 2.95. The number of esters is 1. The summed E-state index contributed by atoms with van der Waals surface area (Å²) in [5.41, 5.74) is 0.932. The molecule has 0 spiro atoms. The quantitative estimate of drug-likeness (QED) is 0.820. The zero-order valence-corrected chi connectivity index (χ0v) is 11.1. The molecule has 3 rings (SSSR count). The number of carbonyl (C=O) groups is 2. The summed E-state index contributed by atoms with van der Waals surface area (Å²) in [6.45, 7) is 0.310. The summed E-state index contributed by atoms with van der Waals surface area (Å²) in [6, 6.07) is 9.20. The van der Waals surface area contributed by atoms with E-state index in [0.717, 1.165) is 12.0 Å². The van der Waals surface area contributed by atoms with Crippen LogP contribution in [0.3, 0.4) is 0 Å². The summed E-state index contributed by atoms with van der Waals surface area (Å²) in [5, 5.41) is 9.15. The number of benzene rings is 1. The minimum absolute atomic E-state index is 0.0744. The second-order valence-electron chi connectivity index (χ2n) is 5.47. The topological polar surface area (TPSA) is 66.8 Å². The molecule has 5 heteroatoms.